The smallest absolute Gasteiger partial charge is 0.264 e. The number of sulfonamides is 1. The molecule has 180 valence electrons. The number of hydrogen-bond donors (Lipinski definition) is 2. The van der Waals surface area contributed by atoms with Gasteiger partial charge in [-0.2, -0.15) is 0 Å². The molecule has 1 atom stereocenters. The highest BCUT2D eigenvalue weighted by Gasteiger charge is 2.51. The zero-order chi connectivity index (χ0) is 24.6. The molecule has 0 aliphatic carbocycles. The number of benzene rings is 2. The number of fused-ring (bicyclic) bond motifs is 1. The monoisotopic (exact) mass is 492 g/mol. The van der Waals surface area contributed by atoms with Crippen LogP contribution < -0.4 is 4.72 Å². The average molecular weight is 493 g/mol. The minimum atomic E-state index is -3.89. The first-order valence-electron chi connectivity index (χ1n) is 11.1. The number of hydrogen-bond acceptors (Lipinski definition) is 7. The molecule has 1 aromatic heterocycles. The minimum absolute atomic E-state index is 0.0761. The molecule has 1 amide bonds. The van der Waals surface area contributed by atoms with Crippen LogP contribution >= 0.6 is 0 Å². The van der Waals surface area contributed by atoms with Gasteiger partial charge >= 0.3 is 0 Å². The van der Waals surface area contributed by atoms with Crippen LogP contribution in [0.2, 0.25) is 0 Å². The largest absolute Gasteiger partial charge is 0.484 e. The van der Waals surface area contributed by atoms with Crippen LogP contribution in [0.15, 0.2) is 83.0 Å². The van der Waals surface area contributed by atoms with Gasteiger partial charge in [0.2, 0.25) is 0 Å². The molecule has 2 aliphatic heterocycles. The van der Waals surface area contributed by atoms with E-state index in [4.69, 9.17) is 4.74 Å². The molecule has 1 fully saturated rings. The van der Waals surface area contributed by atoms with Crippen LogP contribution in [0.25, 0.3) is 10.9 Å². The van der Waals surface area contributed by atoms with Crippen LogP contribution in [0.4, 0.5) is 5.69 Å². The van der Waals surface area contributed by atoms with Gasteiger partial charge in [0, 0.05) is 29.0 Å². The lowest BCUT2D eigenvalue weighted by atomic mass is 9.77. The van der Waals surface area contributed by atoms with E-state index in [1.165, 1.54) is 25.3 Å². The van der Waals surface area contributed by atoms with Crippen LogP contribution in [0.1, 0.15) is 16.8 Å². The Morgan fingerprint density at radius 2 is 1.89 bits per heavy atom. The second-order valence-corrected chi connectivity index (χ2v) is 10.3. The van der Waals surface area contributed by atoms with Crippen LogP contribution in [0.5, 0.6) is 0 Å². The number of aromatic nitrogens is 1. The minimum Gasteiger partial charge on any atom is -0.484 e. The molecule has 1 unspecified atom stereocenters. The zero-order valence-corrected chi connectivity index (χ0v) is 19.8. The second kappa shape index (κ2) is 8.79. The van der Waals surface area contributed by atoms with E-state index < -0.39 is 15.6 Å². The molecule has 3 heterocycles. The molecule has 3 aromatic rings. The average Bonchev–Trinajstić information content (AvgIpc) is 2.86. The summed E-state index contributed by atoms with van der Waals surface area (Å²) in [7, 11) is -2.37. The van der Waals surface area contributed by atoms with E-state index >= 15 is 0 Å². The predicted molar refractivity (Wildman–Crippen MR) is 132 cm³/mol. The summed E-state index contributed by atoms with van der Waals surface area (Å²) in [6.45, 7) is 0.324. The summed E-state index contributed by atoms with van der Waals surface area (Å²) in [6, 6.07) is 14.7. The van der Waals surface area contributed by atoms with E-state index in [2.05, 4.69) is 14.7 Å². The predicted octanol–water partition coefficient (Wildman–Crippen LogP) is 2.80. The van der Waals surface area contributed by atoms with Crippen molar-refractivity contribution in [1.82, 2.24) is 9.88 Å². The van der Waals surface area contributed by atoms with Crippen molar-refractivity contribution in [2.45, 2.75) is 16.9 Å². The standard InChI is InChI=1S/C25H24N4O5S/c1-34-23-20(7-4-14-27-23)25(31)15-29(16-25)24(30)18-9-11-19(12-10-18)28-35(32,33)21-8-2-5-17-6-3-13-26-22(17)21/h2-6,8-14,20,28,31H,7,15-16H2,1H3. The van der Waals surface area contributed by atoms with Crippen molar-refractivity contribution in [3.05, 3.63) is 78.6 Å². The van der Waals surface area contributed by atoms with Crippen molar-refractivity contribution in [2.24, 2.45) is 10.9 Å². The Bertz CT molecular complexity index is 1440. The Balaban J connectivity index is 1.27. The third kappa shape index (κ3) is 4.26. The topological polar surface area (TPSA) is 121 Å². The fourth-order valence-corrected chi connectivity index (χ4v) is 5.74. The molecule has 10 heteroatoms. The SMILES string of the molecule is COC1=NC=CCC1C1(O)CN(C(=O)c2ccc(NS(=O)(=O)c3cccc4cccnc34)cc2)C1. The molecule has 2 N–H and O–H groups in total. The highest BCUT2D eigenvalue weighted by atomic mass is 32.2. The first kappa shape index (κ1) is 23.0. The fraction of sp³-hybridized carbons (Fsp3) is 0.240. The summed E-state index contributed by atoms with van der Waals surface area (Å²) >= 11 is 0. The summed E-state index contributed by atoms with van der Waals surface area (Å²) in [5.74, 6) is -0.0911. The van der Waals surface area contributed by atoms with Gasteiger partial charge in [-0.15, -0.1) is 0 Å². The van der Waals surface area contributed by atoms with Crippen molar-refractivity contribution in [3.8, 4) is 0 Å². The number of β-amino-alcohol motifs (C(OH)–C–C–N with tert-alkyl or cyclic N) is 1. The summed E-state index contributed by atoms with van der Waals surface area (Å²) in [5, 5.41) is 11.7. The summed E-state index contributed by atoms with van der Waals surface area (Å²) < 4.78 is 33.8. The zero-order valence-electron chi connectivity index (χ0n) is 19.0. The van der Waals surface area contributed by atoms with Gasteiger partial charge in [0.1, 0.15) is 10.5 Å². The number of aliphatic imine (C=N–C) groups is 1. The van der Waals surface area contributed by atoms with E-state index in [0.29, 0.717) is 29.1 Å². The lowest BCUT2D eigenvalue weighted by molar-refractivity contribution is -0.106. The van der Waals surface area contributed by atoms with Crippen molar-refractivity contribution in [1.29, 1.82) is 0 Å². The Hall–Kier alpha value is -3.76. The number of rotatable bonds is 5. The van der Waals surface area contributed by atoms with Gasteiger partial charge in [-0.05, 0) is 42.8 Å². The highest BCUT2D eigenvalue weighted by Crippen LogP contribution is 2.35. The molecule has 0 spiro atoms. The number of nitrogens with one attached hydrogen (secondary N) is 1. The third-order valence-electron chi connectivity index (χ3n) is 6.32. The number of methoxy groups -OCH3 is 1. The number of ether oxygens (including phenoxy) is 1. The van der Waals surface area contributed by atoms with Gasteiger partial charge in [0.05, 0.1) is 31.6 Å². The first-order chi connectivity index (χ1) is 16.8. The molecule has 35 heavy (non-hydrogen) atoms. The lowest BCUT2D eigenvalue weighted by Crippen LogP contribution is -2.68. The Morgan fingerprint density at radius 3 is 2.63 bits per heavy atom. The van der Waals surface area contributed by atoms with Gasteiger partial charge in [-0.25, -0.2) is 13.4 Å². The van der Waals surface area contributed by atoms with Crippen molar-refractivity contribution in [2.75, 3.05) is 24.9 Å². The number of nitrogens with zero attached hydrogens (tertiary/aromatic N) is 3. The van der Waals surface area contributed by atoms with Crippen molar-refractivity contribution in [3.63, 3.8) is 0 Å². The molecular weight excluding hydrogens is 468 g/mol. The lowest BCUT2D eigenvalue weighted by Gasteiger charge is -2.50. The van der Waals surface area contributed by atoms with Gasteiger partial charge in [-0.3, -0.25) is 14.5 Å². The number of carbonyl (C=O) groups is 1. The molecule has 0 bridgehead atoms. The second-order valence-electron chi connectivity index (χ2n) is 8.62. The maximum atomic E-state index is 13.0. The van der Waals surface area contributed by atoms with Crippen LogP contribution in [-0.2, 0) is 14.8 Å². The van der Waals surface area contributed by atoms with Gasteiger partial charge < -0.3 is 14.7 Å². The van der Waals surface area contributed by atoms with E-state index in [1.807, 2.05) is 6.08 Å². The van der Waals surface area contributed by atoms with E-state index in [0.717, 1.165) is 5.39 Å². The first-order valence-corrected chi connectivity index (χ1v) is 12.5. The van der Waals surface area contributed by atoms with Crippen LogP contribution in [0, 0.1) is 5.92 Å². The number of para-hydroxylation sites is 1. The van der Waals surface area contributed by atoms with E-state index in [1.54, 1.807) is 53.7 Å². The van der Waals surface area contributed by atoms with Crippen LogP contribution in [0.3, 0.4) is 0 Å². The fourth-order valence-electron chi connectivity index (χ4n) is 4.50. The third-order valence-corrected chi connectivity index (χ3v) is 7.73. The maximum absolute atomic E-state index is 13.0. The molecular formula is C25H24N4O5S. The van der Waals surface area contributed by atoms with Crippen molar-refractivity contribution < 1.29 is 23.1 Å². The molecule has 2 aliphatic rings. The van der Waals surface area contributed by atoms with Crippen molar-refractivity contribution >= 4 is 38.4 Å². The molecule has 9 nitrogen and oxygen atoms in total. The molecule has 2 aromatic carbocycles. The number of likely N-dealkylation sites (tertiary alicyclic amines) is 1. The van der Waals surface area contributed by atoms with Crippen LogP contribution in [-0.4, -0.2) is 61.0 Å². The molecule has 0 saturated carbocycles. The van der Waals surface area contributed by atoms with E-state index in [9.17, 15) is 18.3 Å². The summed E-state index contributed by atoms with van der Waals surface area (Å²) in [5.41, 5.74) is 0.00220. The number of carbonyl (C=O) groups excluding carboxylic acids is 1. The normalized spacial score (nSPS) is 19.1. The van der Waals surface area contributed by atoms with Gasteiger partial charge in [0.15, 0.2) is 5.90 Å². The molecule has 1 saturated heterocycles. The van der Waals surface area contributed by atoms with Gasteiger partial charge in [0.25, 0.3) is 15.9 Å². The number of aliphatic hydroxyl groups is 1. The Kier molecular flexibility index (Phi) is 5.78. The number of amides is 1. The summed E-state index contributed by atoms with van der Waals surface area (Å²) in [4.78, 5) is 22.9. The Labute approximate surface area is 202 Å². The number of anilines is 1. The van der Waals surface area contributed by atoms with Gasteiger partial charge in [-0.1, -0.05) is 24.3 Å². The number of pyridine rings is 1. The summed E-state index contributed by atoms with van der Waals surface area (Å²) in [6.07, 6.45) is 5.65. The maximum Gasteiger partial charge on any atom is 0.264 e. The van der Waals surface area contributed by atoms with E-state index in [-0.39, 0.29) is 29.8 Å². The molecule has 0 radical (unpaired) electrons. The Morgan fingerprint density at radius 1 is 1.14 bits per heavy atom. The highest BCUT2D eigenvalue weighted by molar-refractivity contribution is 7.93. The quantitative estimate of drug-likeness (QED) is 0.565. The number of allylic oxidation sites excluding steroid dienone is 1. The molecule has 5 rings (SSSR count).